The van der Waals surface area contributed by atoms with Gasteiger partial charge in [0.25, 0.3) is 5.91 Å². The molecule has 0 spiro atoms. The lowest BCUT2D eigenvalue weighted by Gasteiger charge is -2.23. The fourth-order valence-electron chi connectivity index (χ4n) is 2.19. The fraction of sp³-hybridized carbons (Fsp3) is 0.312. The number of hydrogen-bond acceptors (Lipinski definition) is 5. The largest absolute Gasteiger partial charge is 0.548 e. The van der Waals surface area contributed by atoms with E-state index in [4.69, 9.17) is 16.1 Å². The van der Waals surface area contributed by atoms with Crippen LogP contribution in [0.2, 0.25) is 5.02 Å². The number of carbonyl (C=O) groups is 2. The number of nitrogens with zero attached hydrogens (tertiary/aromatic N) is 1. The van der Waals surface area contributed by atoms with Gasteiger partial charge in [0.2, 0.25) is 0 Å². The third-order valence-electron chi connectivity index (χ3n) is 3.43. The summed E-state index contributed by atoms with van der Waals surface area (Å²) in [4.78, 5) is 23.7. The van der Waals surface area contributed by atoms with Gasteiger partial charge in [-0.3, -0.25) is 4.79 Å². The molecule has 0 saturated heterocycles. The van der Waals surface area contributed by atoms with Crippen molar-refractivity contribution in [3.05, 3.63) is 40.6 Å². The number of aromatic nitrogens is 1. The van der Waals surface area contributed by atoms with Crippen molar-refractivity contribution in [1.82, 2.24) is 10.5 Å². The third kappa shape index (κ3) is 3.53. The van der Waals surface area contributed by atoms with Crippen LogP contribution >= 0.6 is 11.6 Å². The molecule has 0 aliphatic heterocycles. The maximum Gasteiger partial charge on any atom is 0.257 e. The van der Waals surface area contributed by atoms with Crippen LogP contribution in [0.5, 0.6) is 0 Å². The number of nitrogens with one attached hydrogen (secondary N) is 1. The molecule has 2 aromatic rings. The predicted molar refractivity (Wildman–Crippen MR) is 82.8 cm³/mol. The maximum absolute atomic E-state index is 12.5. The topological polar surface area (TPSA) is 95.3 Å². The lowest BCUT2D eigenvalue weighted by atomic mass is 10.0. The Hall–Kier alpha value is -2.34. The average Bonchev–Trinajstić information content (AvgIpc) is 2.86. The summed E-state index contributed by atoms with van der Waals surface area (Å²) in [7, 11) is 0. The Labute approximate surface area is 138 Å². The molecular weight excluding hydrogens is 320 g/mol. The molecule has 0 saturated carbocycles. The SMILES string of the molecule is Cc1onc(-c2ccccc2Cl)c1C(=O)N[C@@H](C(=O)[O-])C(C)C. The van der Waals surface area contributed by atoms with E-state index in [1.165, 1.54) is 0 Å². The summed E-state index contributed by atoms with van der Waals surface area (Å²) in [5.41, 5.74) is 0.960. The first-order chi connectivity index (χ1) is 10.8. The Morgan fingerprint density at radius 3 is 2.52 bits per heavy atom. The van der Waals surface area contributed by atoms with Gasteiger partial charge in [0.15, 0.2) is 0 Å². The van der Waals surface area contributed by atoms with Gasteiger partial charge in [0.05, 0.1) is 17.0 Å². The summed E-state index contributed by atoms with van der Waals surface area (Å²) in [6.45, 7) is 4.93. The first-order valence-corrected chi connectivity index (χ1v) is 7.43. The summed E-state index contributed by atoms with van der Waals surface area (Å²) >= 11 is 6.13. The van der Waals surface area contributed by atoms with Gasteiger partial charge in [-0.15, -0.1) is 0 Å². The molecule has 0 aliphatic rings. The molecule has 1 heterocycles. The van der Waals surface area contributed by atoms with Crippen molar-refractivity contribution in [2.45, 2.75) is 26.8 Å². The van der Waals surface area contributed by atoms with Gasteiger partial charge in [-0.05, 0) is 18.9 Å². The van der Waals surface area contributed by atoms with Crippen molar-refractivity contribution >= 4 is 23.5 Å². The normalized spacial score (nSPS) is 12.2. The van der Waals surface area contributed by atoms with Gasteiger partial charge in [-0.2, -0.15) is 0 Å². The number of aryl methyl sites for hydroxylation is 1. The van der Waals surface area contributed by atoms with Gasteiger partial charge in [0.1, 0.15) is 17.0 Å². The van der Waals surface area contributed by atoms with E-state index in [9.17, 15) is 14.7 Å². The molecule has 2 rings (SSSR count). The molecule has 0 bridgehead atoms. The standard InChI is InChI=1S/C16H17ClN2O4/c1-8(2)13(16(21)22)18-15(20)12-9(3)23-19-14(12)10-6-4-5-7-11(10)17/h4-8,13H,1-3H3,(H,18,20)(H,21,22)/p-1/t13-/m1/s1. The number of carboxylic acid groups (broad SMARTS) is 1. The van der Waals surface area contributed by atoms with Crippen LogP contribution in [0.3, 0.4) is 0 Å². The van der Waals surface area contributed by atoms with Gasteiger partial charge < -0.3 is 19.7 Å². The molecule has 1 amide bonds. The highest BCUT2D eigenvalue weighted by atomic mass is 35.5. The second kappa shape index (κ2) is 6.83. The second-order valence-corrected chi connectivity index (χ2v) is 5.86. The van der Waals surface area contributed by atoms with Crippen LogP contribution in [0.15, 0.2) is 28.8 Å². The first-order valence-electron chi connectivity index (χ1n) is 7.05. The minimum atomic E-state index is -1.35. The average molecular weight is 336 g/mol. The van der Waals surface area contributed by atoms with Gasteiger partial charge in [-0.1, -0.05) is 48.8 Å². The Balaban J connectivity index is 2.41. The molecule has 6 nitrogen and oxygen atoms in total. The third-order valence-corrected chi connectivity index (χ3v) is 3.76. The van der Waals surface area contributed by atoms with E-state index in [0.717, 1.165) is 0 Å². The van der Waals surface area contributed by atoms with Crippen molar-refractivity contribution in [3.63, 3.8) is 0 Å². The Bertz CT molecular complexity index is 739. The second-order valence-electron chi connectivity index (χ2n) is 5.46. The van der Waals surface area contributed by atoms with E-state index in [1.54, 1.807) is 45.0 Å². The number of carboxylic acids is 1. The fourth-order valence-corrected chi connectivity index (χ4v) is 2.41. The summed E-state index contributed by atoms with van der Waals surface area (Å²) in [6, 6.07) is 5.76. The first kappa shape index (κ1) is 17.0. The maximum atomic E-state index is 12.5. The Kier molecular flexibility index (Phi) is 5.05. The summed E-state index contributed by atoms with van der Waals surface area (Å²) in [6.07, 6.45) is 0. The van der Waals surface area contributed by atoms with Crippen LogP contribution in [-0.2, 0) is 4.79 Å². The molecule has 1 atom stereocenters. The van der Waals surface area contributed by atoms with Gasteiger partial charge >= 0.3 is 0 Å². The zero-order chi connectivity index (χ0) is 17.1. The Morgan fingerprint density at radius 1 is 1.30 bits per heavy atom. The molecular formula is C16H16ClN2O4-. The predicted octanol–water partition coefficient (Wildman–Crippen LogP) is 1.81. The van der Waals surface area contributed by atoms with E-state index in [0.29, 0.717) is 10.6 Å². The smallest absolute Gasteiger partial charge is 0.257 e. The highest BCUT2D eigenvalue weighted by Crippen LogP contribution is 2.31. The number of carbonyl (C=O) groups excluding carboxylic acids is 2. The van der Waals surface area contributed by atoms with Crippen LogP contribution < -0.4 is 10.4 Å². The lowest BCUT2D eigenvalue weighted by molar-refractivity contribution is -0.309. The summed E-state index contributed by atoms with van der Waals surface area (Å²) in [5.74, 6) is -1.99. The molecule has 0 aliphatic carbocycles. The van der Waals surface area contributed by atoms with Crippen LogP contribution in [-0.4, -0.2) is 23.1 Å². The van der Waals surface area contributed by atoms with E-state index in [2.05, 4.69) is 10.5 Å². The number of amides is 1. The van der Waals surface area contributed by atoms with Crippen LogP contribution in [0.4, 0.5) is 0 Å². The van der Waals surface area contributed by atoms with Crippen molar-refractivity contribution < 1.29 is 19.2 Å². The van der Waals surface area contributed by atoms with E-state index in [-0.39, 0.29) is 22.9 Å². The van der Waals surface area contributed by atoms with Gasteiger partial charge in [0, 0.05) is 5.56 Å². The molecule has 0 fully saturated rings. The molecule has 122 valence electrons. The van der Waals surface area contributed by atoms with E-state index >= 15 is 0 Å². The zero-order valence-electron chi connectivity index (χ0n) is 12.9. The monoisotopic (exact) mass is 335 g/mol. The number of rotatable bonds is 5. The molecule has 0 unspecified atom stereocenters. The summed E-state index contributed by atoms with van der Waals surface area (Å²) in [5, 5.41) is 17.9. The number of hydrogen-bond donors (Lipinski definition) is 1. The molecule has 1 aromatic heterocycles. The van der Waals surface area contributed by atoms with Crippen molar-refractivity contribution in [1.29, 1.82) is 0 Å². The number of benzene rings is 1. The van der Waals surface area contributed by atoms with Gasteiger partial charge in [-0.25, -0.2) is 0 Å². The number of halogens is 1. The van der Waals surface area contributed by atoms with E-state index in [1.807, 2.05) is 0 Å². The van der Waals surface area contributed by atoms with Crippen molar-refractivity contribution in [2.75, 3.05) is 0 Å². The molecule has 1 aromatic carbocycles. The van der Waals surface area contributed by atoms with Crippen LogP contribution in [0.25, 0.3) is 11.3 Å². The molecule has 1 N–H and O–H groups in total. The van der Waals surface area contributed by atoms with Crippen molar-refractivity contribution in [3.8, 4) is 11.3 Å². The zero-order valence-corrected chi connectivity index (χ0v) is 13.7. The lowest BCUT2D eigenvalue weighted by Crippen LogP contribution is -2.50. The Morgan fingerprint density at radius 2 is 1.96 bits per heavy atom. The van der Waals surface area contributed by atoms with Crippen LogP contribution in [0.1, 0.15) is 30.0 Å². The molecule has 7 heteroatoms. The summed E-state index contributed by atoms with van der Waals surface area (Å²) < 4.78 is 5.10. The van der Waals surface area contributed by atoms with Crippen LogP contribution in [0, 0.1) is 12.8 Å². The quantitative estimate of drug-likeness (QED) is 0.899. The minimum absolute atomic E-state index is 0.157. The molecule has 23 heavy (non-hydrogen) atoms. The highest BCUT2D eigenvalue weighted by molar-refractivity contribution is 6.33. The minimum Gasteiger partial charge on any atom is -0.548 e. The van der Waals surface area contributed by atoms with Crippen molar-refractivity contribution in [2.24, 2.45) is 5.92 Å². The van der Waals surface area contributed by atoms with E-state index < -0.39 is 17.9 Å². The molecule has 0 radical (unpaired) electrons. The number of aliphatic carboxylic acids is 1. The highest BCUT2D eigenvalue weighted by Gasteiger charge is 2.26.